The van der Waals surface area contributed by atoms with E-state index in [0.29, 0.717) is 5.95 Å². The molecule has 6 nitrogen and oxygen atoms in total. The van der Waals surface area contributed by atoms with Gasteiger partial charge in [0.15, 0.2) is 0 Å². The Labute approximate surface area is 142 Å². The second-order valence-electron chi connectivity index (χ2n) is 5.85. The number of pyridine rings is 1. The summed E-state index contributed by atoms with van der Waals surface area (Å²) in [4.78, 5) is 15.4. The molecule has 0 radical (unpaired) electrons. The highest BCUT2D eigenvalue weighted by molar-refractivity contribution is 5.91. The van der Waals surface area contributed by atoms with Crippen LogP contribution in [0.3, 0.4) is 0 Å². The quantitative estimate of drug-likeness (QED) is 0.652. The SMILES string of the molecule is CN(C)CCCNc1ccnc(Nc2cccc3cccnc23)n1. The number of rotatable bonds is 7. The van der Waals surface area contributed by atoms with E-state index in [1.54, 1.807) is 12.4 Å². The van der Waals surface area contributed by atoms with Crippen LogP contribution >= 0.6 is 0 Å². The molecule has 0 bridgehead atoms. The van der Waals surface area contributed by atoms with E-state index < -0.39 is 0 Å². The van der Waals surface area contributed by atoms with Crippen LogP contribution in [0.25, 0.3) is 10.9 Å². The average molecular weight is 322 g/mol. The third-order valence-electron chi connectivity index (χ3n) is 3.62. The molecule has 2 N–H and O–H groups in total. The lowest BCUT2D eigenvalue weighted by Crippen LogP contribution is -2.16. The maximum Gasteiger partial charge on any atom is 0.229 e. The summed E-state index contributed by atoms with van der Waals surface area (Å²) in [5, 5.41) is 7.68. The molecular weight excluding hydrogens is 300 g/mol. The molecule has 0 amide bonds. The fraction of sp³-hybridized carbons (Fsp3) is 0.278. The van der Waals surface area contributed by atoms with Gasteiger partial charge in [0.2, 0.25) is 5.95 Å². The van der Waals surface area contributed by atoms with Gasteiger partial charge in [0.1, 0.15) is 5.82 Å². The Morgan fingerprint density at radius 1 is 1.00 bits per heavy atom. The molecule has 24 heavy (non-hydrogen) atoms. The van der Waals surface area contributed by atoms with Gasteiger partial charge < -0.3 is 15.5 Å². The summed E-state index contributed by atoms with van der Waals surface area (Å²) in [6, 6.07) is 11.9. The molecule has 0 unspecified atom stereocenters. The first kappa shape index (κ1) is 16.1. The first-order chi connectivity index (χ1) is 11.7. The maximum absolute atomic E-state index is 4.52. The second kappa shape index (κ2) is 7.70. The van der Waals surface area contributed by atoms with Crippen molar-refractivity contribution in [3.8, 4) is 0 Å². The van der Waals surface area contributed by atoms with Gasteiger partial charge in [-0.15, -0.1) is 0 Å². The van der Waals surface area contributed by atoms with E-state index in [2.05, 4.69) is 44.6 Å². The molecule has 3 aromatic rings. The molecule has 124 valence electrons. The predicted octanol–water partition coefficient (Wildman–Crippen LogP) is 3.13. The molecule has 6 heteroatoms. The Kier molecular flexibility index (Phi) is 5.18. The summed E-state index contributed by atoms with van der Waals surface area (Å²) < 4.78 is 0. The number of hydrogen-bond donors (Lipinski definition) is 2. The highest BCUT2D eigenvalue weighted by Gasteiger charge is 2.04. The second-order valence-corrected chi connectivity index (χ2v) is 5.85. The van der Waals surface area contributed by atoms with Crippen LogP contribution in [0.4, 0.5) is 17.5 Å². The lowest BCUT2D eigenvalue weighted by atomic mass is 10.2. The predicted molar refractivity (Wildman–Crippen MR) is 98.7 cm³/mol. The van der Waals surface area contributed by atoms with Gasteiger partial charge in [-0.2, -0.15) is 4.98 Å². The third-order valence-corrected chi connectivity index (χ3v) is 3.62. The number of para-hydroxylation sites is 1. The molecule has 0 fully saturated rings. The Balaban J connectivity index is 1.70. The van der Waals surface area contributed by atoms with Crippen LogP contribution in [0, 0.1) is 0 Å². The molecule has 2 aromatic heterocycles. The van der Waals surface area contributed by atoms with Crippen molar-refractivity contribution in [1.82, 2.24) is 19.9 Å². The molecule has 0 spiro atoms. The Morgan fingerprint density at radius 3 is 2.75 bits per heavy atom. The van der Waals surface area contributed by atoms with E-state index in [1.807, 2.05) is 36.4 Å². The van der Waals surface area contributed by atoms with Gasteiger partial charge in [0.05, 0.1) is 11.2 Å². The van der Waals surface area contributed by atoms with Crippen LogP contribution in [0.1, 0.15) is 6.42 Å². The van der Waals surface area contributed by atoms with Crippen molar-refractivity contribution >= 4 is 28.4 Å². The van der Waals surface area contributed by atoms with Crippen molar-refractivity contribution in [2.75, 3.05) is 37.8 Å². The Bertz CT molecular complexity index is 797. The maximum atomic E-state index is 4.52. The van der Waals surface area contributed by atoms with Crippen molar-refractivity contribution in [3.63, 3.8) is 0 Å². The van der Waals surface area contributed by atoms with Crippen LogP contribution in [0.15, 0.2) is 48.8 Å². The smallest absolute Gasteiger partial charge is 0.229 e. The number of aromatic nitrogens is 3. The van der Waals surface area contributed by atoms with E-state index in [-0.39, 0.29) is 0 Å². The first-order valence-electron chi connectivity index (χ1n) is 8.05. The molecule has 0 aliphatic carbocycles. The Hall–Kier alpha value is -2.73. The van der Waals surface area contributed by atoms with Gasteiger partial charge >= 0.3 is 0 Å². The van der Waals surface area contributed by atoms with Crippen LogP contribution in [0.5, 0.6) is 0 Å². The van der Waals surface area contributed by atoms with E-state index >= 15 is 0 Å². The van der Waals surface area contributed by atoms with Crippen molar-refractivity contribution in [2.24, 2.45) is 0 Å². The third kappa shape index (κ3) is 4.17. The number of hydrogen-bond acceptors (Lipinski definition) is 6. The van der Waals surface area contributed by atoms with Crippen molar-refractivity contribution in [1.29, 1.82) is 0 Å². The molecule has 0 aliphatic rings. The van der Waals surface area contributed by atoms with Gasteiger partial charge in [-0.3, -0.25) is 4.98 Å². The summed E-state index contributed by atoms with van der Waals surface area (Å²) in [5.41, 5.74) is 1.81. The topological polar surface area (TPSA) is 66.0 Å². The molecule has 0 saturated heterocycles. The van der Waals surface area contributed by atoms with E-state index in [4.69, 9.17) is 0 Å². The summed E-state index contributed by atoms with van der Waals surface area (Å²) in [5.74, 6) is 1.38. The lowest BCUT2D eigenvalue weighted by molar-refractivity contribution is 0.405. The number of nitrogens with one attached hydrogen (secondary N) is 2. The lowest BCUT2D eigenvalue weighted by Gasteiger charge is -2.11. The van der Waals surface area contributed by atoms with Crippen LogP contribution < -0.4 is 10.6 Å². The van der Waals surface area contributed by atoms with E-state index in [9.17, 15) is 0 Å². The van der Waals surface area contributed by atoms with Gasteiger partial charge in [0, 0.05) is 24.3 Å². The number of nitrogens with zero attached hydrogens (tertiary/aromatic N) is 4. The first-order valence-corrected chi connectivity index (χ1v) is 8.05. The van der Waals surface area contributed by atoms with Gasteiger partial charge in [0.25, 0.3) is 0 Å². The molecule has 2 heterocycles. The number of fused-ring (bicyclic) bond motifs is 1. The van der Waals surface area contributed by atoms with Crippen LogP contribution in [-0.4, -0.2) is 47.0 Å². The minimum absolute atomic E-state index is 0.561. The molecule has 0 atom stereocenters. The summed E-state index contributed by atoms with van der Waals surface area (Å²) in [6.07, 6.45) is 4.60. The fourth-order valence-electron chi connectivity index (χ4n) is 2.45. The fourth-order valence-corrected chi connectivity index (χ4v) is 2.45. The largest absolute Gasteiger partial charge is 0.370 e. The van der Waals surface area contributed by atoms with E-state index in [1.165, 1.54) is 0 Å². The minimum Gasteiger partial charge on any atom is -0.370 e. The monoisotopic (exact) mass is 322 g/mol. The van der Waals surface area contributed by atoms with E-state index in [0.717, 1.165) is 41.9 Å². The van der Waals surface area contributed by atoms with Crippen LogP contribution in [0.2, 0.25) is 0 Å². The standard InChI is InChI=1S/C18H22N6/c1-24(2)13-5-11-19-16-9-12-21-18(23-16)22-15-8-3-6-14-7-4-10-20-17(14)15/h3-4,6-10,12H,5,11,13H2,1-2H3,(H2,19,21,22,23). The van der Waals surface area contributed by atoms with Crippen molar-refractivity contribution in [2.45, 2.75) is 6.42 Å². The normalized spacial score (nSPS) is 11.0. The van der Waals surface area contributed by atoms with Crippen molar-refractivity contribution < 1.29 is 0 Å². The van der Waals surface area contributed by atoms with Crippen molar-refractivity contribution in [3.05, 3.63) is 48.8 Å². The summed E-state index contributed by atoms with van der Waals surface area (Å²) in [6.45, 7) is 1.93. The zero-order chi connectivity index (χ0) is 16.8. The molecule has 3 rings (SSSR count). The minimum atomic E-state index is 0.561. The molecule has 1 aromatic carbocycles. The highest BCUT2D eigenvalue weighted by atomic mass is 15.1. The molecular formula is C18H22N6. The zero-order valence-electron chi connectivity index (χ0n) is 14.0. The van der Waals surface area contributed by atoms with Crippen LogP contribution in [-0.2, 0) is 0 Å². The zero-order valence-corrected chi connectivity index (χ0v) is 14.0. The van der Waals surface area contributed by atoms with Gasteiger partial charge in [-0.1, -0.05) is 18.2 Å². The van der Waals surface area contributed by atoms with Gasteiger partial charge in [-0.05, 0) is 45.3 Å². The average Bonchev–Trinajstić information content (AvgIpc) is 2.59. The summed E-state index contributed by atoms with van der Waals surface area (Å²) >= 11 is 0. The number of benzene rings is 1. The number of anilines is 3. The molecule has 0 saturated carbocycles. The molecule has 0 aliphatic heterocycles. The summed E-state index contributed by atoms with van der Waals surface area (Å²) in [7, 11) is 4.15. The van der Waals surface area contributed by atoms with Gasteiger partial charge in [-0.25, -0.2) is 4.98 Å². The highest BCUT2D eigenvalue weighted by Crippen LogP contribution is 2.23. The Morgan fingerprint density at radius 2 is 1.88 bits per heavy atom.